The van der Waals surface area contributed by atoms with Crippen LogP contribution in [0.15, 0.2) is 53.5 Å². The second kappa shape index (κ2) is 7.97. The molecule has 0 amide bonds. The van der Waals surface area contributed by atoms with Crippen molar-refractivity contribution < 1.29 is 19.2 Å². The minimum atomic E-state index is -0.640. The maximum absolute atomic E-state index is 12.5. The van der Waals surface area contributed by atoms with E-state index in [4.69, 9.17) is 4.84 Å². The molecule has 1 aromatic carbocycles. The molecule has 1 aromatic heterocycles. The van der Waals surface area contributed by atoms with Crippen LogP contribution in [0.25, 0.3) is 0 Å². The van der Waals surface area contributed by atoms with Gasteiger partial charge in [0.25, 0.3) is 5.56 Å². The fourth-order valence-corrected chi connectivity index (χ4v) is 3.02. The van der Waals surface area contributed by atoms with Crippen LogP contribution in [0.2, 0.25) is 0 Å². The fraction of sp³-hybridized carbons (Fsp3) is 0.316. The topological polar surface area (TPSA) is 77.8 Å². The fourth-order valence-electron chi connectivity index (χ4n) is 3.02. The second-order valence-corrected chi connectivity index (χ2v) is 6.03. The molecule has 0 N–H and O–H groups in total. The van der Waals surface area contributed by atoms with Crippen LogP contribution in [0.3, 0.4) is 0 Å². The highest BCUT2D eigenvalue weighted by molar-refractivity contribution is 5.89. The Kier molecular flexibility index (Phi) is 5.48. The van der Waals surface area contributed by atoms with E-state index in [0.717, 1.165) is 0 Å². The molecular formula is C19H20N2O5. The Morgan fingerprint density at radius 3 is 2.35 bits per heavy atom. The van der Waals surface area contributed by atoms with Crippen molar-refractivity contribution in [1.29, 1.82) is 0 Å². The summed E-state index contributed by atoms with van der Waals surface area (Å²) in [7, 11) is 1.25. The number of aromatic nitrogens is 1. The summed E-state index contributed by atoms with van der Waals surface area (Å²) >= 11 is 0. The molecule has 136 valence electrons. The van der Waals surface area contributed by atoms with Gasteiger partial charge in [0.2, 0.25) is 0 Å². The van der Waals surface area contributed by atoms with Crippen LogP contribution in [0.5, 0.6) is 0 Å². The van der Waals surface area contributed by atoms with E-state index in [-0.39, 0.29) is 17.2 Å². The SMILES string of the molecule is COC(=O)c1cccn(C2CCN(OC(=O)c3ccccc3)CC2)c1=O. The first-order valence-corrected chi connectivity index (χ1v) is 8.42. The van der Waals surface area contributed by atoms with Crippen molar-refractivity contribution in [1.82, 2.24) is 9.63 Å². The van der Waals surface area contributed by atoms with Crippen molar-refractivity contribution >= 4 is 11.9 Å². The minimum absolute atomic E-state index is 0.0212. The Hall–Kier alpha value is -2.93. The molecule has 1 aliphatic heterocycles. The van der Waals surface area contributed by atoms with Crippen molar-refractivity contribution in [2.45, 2.75) is 18.9 Å². The number of hydroxylamine groups is 2. The number of hydrogen-bond acceptors (Lipinski definition) is 6. The third-order valence-corrected chi connectivity index (χ3v) is 4.42. The van der Waals surface area contributed by atoms with E-state index in [2.05, 4.69) is 4.74 Å². The monoisotopic (exact) mass is 356 g/mol. The zero-order chi connectivity index (χ0) is 18.5. The quantitative estimate of drug-likeness (QED) is 0.780. The normalized spacial score (nSPS) is 15.4. The van der Waals surface area contributed by atoms with Crippen LogP contribution >= 0.6 is 0 Å². The predicted molar refractivity (Wildman–Crippen MR) is 93.7 cm³/mol. The van der Waals surface area contributed by atoms with Gasteiger partial charge < -0.3 is 14.1 Å². The minimum Gasteiger partial charge on any atom is -0.465 e. The third-order valence-electron chi connectivity index (χ3n) is 4.42. The molecule has 1 aliphatic rings. The maximum atomic E-state index is 12.5. The summed E-state index contributed by atoms with van der Waals surface area (Å²) in [5, 5.41) is 1.61. The van der Waals surface area contributed by atoms with E-state index in [1.165, 1.54) is 13.2 Å². The number of rotatable bonds is 4. The number of benzene rings is 1. The van der Waals surface area contributed by atoms with Gasteiger partial charge in [-0.15, -0.1) is 5.06 Å². The van der Waals surface area contributed by atoms with Crippen molar-refractivity contribution in [3.05, 3.63) is 70.1 Å². The molecule has 0 saturated carbocycles. The Morgan fingerprint density at radius 1 is 1.00 bits per heavy atom. The Balaban J connectivity index is 1.63. The predicted octanol–water partition coefficient (Wildman–Crippen LogP) is 2.04. The summed E-state index contributed by atoms with van der Waals surface area (Å²) in [5.41, 5.74) is 0.156. The van der Waals surface area contributed by atoms with E-state index in [1.54, 1.807) is 46.2 Å². The van der Waals surface area contributed by atoms with E-state index in [1.807, 2.05) is 6.07 Å². The second-order valence-electron chi connectivity index (χ2n) is 6.03. The molecule has 7 nitrogen and oxygen atoms in total. The lowest BCUT2D eigenvalue weighted by Gasteiger charge is -2.31. The first-order valence-electron chi connectivity index (χ1n) is 8.42. The van der Waals surface area contributed by atoms with Crippen LogP contribution in [0.1, 0.15) is 39.6 Å². The molecule has 0 unspecified atom stereocenters. The van der Waals surface area contributed by atoms with Gasteiger partial charge >= 0.3 is 11.9 Å². The lowest BCUT2D eigenvalue weighted by atomic mass is 10.1. The van der Waals surface area contributed by atoms with Crippen molar-refractivity contribution in [2.24, 2.45) is 0 Å². The van der Waals surface area contributed by atoms with Crippen molar-refractivity contribution in [2.75, 3.05) is 20.2 Å². The average Bonchev–Trinajstić information content (AvgIpc) is 2.69. The Labute approximate surface area is 150 Å². The van der Waals surface area contributed by atoms with Gasteiger partial charge in [0, 0.05) is 25.3 Å². The van der Waals surface area contributed by atoms with E-state index < -0.39 is 11.9 Å². The Morgan fingerprint density at radius 2 is 1.69 bits per heavy atom. The van der Waals surface area contributed by atoms with Gasteiger partial charge in [-0.05, 0) is 37.1 Å². The van der Waals surface area contributed by atoms with Gasteiger partial charge in [-0.25, -0.2) is 9.59 Å². The van der Waals surface area contributed by atoms with Gasteiger partial charge in [-0.2, -0.15) is 0 Å². The van der Waals surface area contributed by atoms with Crippen LogP contribution in [-0.4, -0.2) is 41.8 Å². The number of nitrogens with zero attached hydrogens (tertiary/aromatic N) is 2. The van der Waals surface area contributed by atoms with E-state index in [9.17, 15) is 14.4 Å². The summed E-state index contributed by atoms with van der Waals surface area (Å²) in [4.78, 5) is 41.7. The molecule has 1 fully saturated rings. The highest BCUT2D eigenvalue weighted by Crippen LogP contribution is 2.22. The molecule has 2 heterocycles. The molecule has 0 atom stereocenters. The molecule has 2 aromatic rings. The summed E-state index contributed by atoms with van der Waals surface area (Å²) < 4.78 is 6.20. The van der Waals surface area contributed by atoms with Gasteiger partial charge in [0.1, 0.15) is 5.56 Å². The van der Waals surface area contributed by atoms with Crippen LogP contribution in [-0.2, 0) is 9.57 Å². The molecule has 3 rings (SSSR count). The zero-order valence-corrected chi connectivity index (χ0v) is 14.5. The Bertz CT molecular complexity index is 839. The zero-order valence-electron chi connectivity index (χ0n) is 14.5. The number of piperidine rings is 1. The van der Waals surface area contributed by atoms with Crippen molar-refractivity contribution in [3.63, 3.8) is 0 Å². The third kappa shape index (κ3) is 3.83. The molecule has 1 saturated heterocycles. The first kappa shape index (κ1) is 17.9. The average molecular weight is 356 g/mol. The number of esters is 1. The number of hydrogen-bond donors (Lipinski definition) is 0. The van der Waals surface area contributed by atoms with Crippen LogP contribution < -0.4 is 5.56 Å². The standard InChI is InChI=1S/C19H20N2O5/c1-25-19(24)16-8-5-11-21(17(16)22)15-9-12-20(13-10-15)26-18(23)14-6-3-2-4-7-14/h2-8,11,15H,9-10,12-13H2,1H3. The summed E-state index contributed by atoms with van der Waals surface area (Å²) in [6, 6.07) is 11.9. The van der Waals surface area contributed by atoms with Gasteiger partial charge in [-0.1, -0.05) is 18.2 Å². The number of pyridine rings is 1. The molecule has 0 aliphatic carbocycles. The largest absolute Gasteiger partial charge is 0.465 e. The summed E-state index contributed by atoms with van der Waals surface area (Å²) in [5.74, 6) is -1.03. The smallest absolute Gasteiger partial charge is 0.357 e. The molecular weight excluding hydrogens is 336 g/mol. The van der Waals surface area contributed by atoms with Crippen molar-refractivity contribution in [3.8, 4) is 0 Å². The number of ether oxygens (including phenoxy) is 1. The van der Waals surface area contributed by atoms with Gasteiger partial charge in [0.15, 0.2) is 0 Å². The number of methoxy groups -OCH3 is 1. The van der Waals surface area contributed by atoms with Crippen LogP contribution in [0.4, 0.5) is 0 Å². The molecule has 7 heteroatoms. The molecule has 0 radical (unpaired) electrons. The van der Waals surface area contributed by atoms with Crippen LogP contribution in [0, 0.1) is 0 Å². The molecule has 0 spiro atoms. The number of carbonyl (C=O) groups is 2. The lowest BCUT2D eigenvalue weighted by Crippen LogP contribution is -2.39. The maximum Gasteiger partial charge on any atom is 0.357 e. The molecule has 0 bridgehead atoms. The summed E-state index contributed by atoms with van der Waals surface area (Å²) in [6.07, 6.45) is 2.93. The number of carbonyl (C=O) groups excluding carboxylic acids is 2. The van der Waals surface area contributed by atoms with Gasteiger partial charge in [-0.3, -0.25) is 4.79 Å². The lowest BCUT2D eigenvalue weighted by molar-refractivity contribution is -0.125. The summed E-state index contributed by atoms with van der Waals surface area (Å²) in [6.45, 7) is 1.02. The first-order chi connectivity index (χ1) is 12.6. The van der Waals surface area contributed by atoms with E-state index in [0.29, 0.717) is 31.5 Å². The highest BCUT2D eigenvalue weighted by atomic mass is 16.7. The highest BCUT2D eigenvalue weighted by Gasteiger charge is 2.25. The van der Waals surface area contributed by atoms with E-state index >= 15 is 0 Å². The van der Waals surface area contributed by atoms with Gasteiger partial charge in [0.05, 0.1) is 12.7 Å². The molecule has 26 heavy (non-hydrogen) atoms.